The number of nitrogens with one attached hydrogen (secondary N) is 1. The van der Waals surface area contributed by atoms with Gasteiger partial charge in [0.1, 0.15) is 17.9 Å². The van der Waals surface area contributed by atoms with Crippen LogP contribution in [0.4, 0.5) is 0 Å². The Hall–Kier alpha value is -3.65. The van der Waals surface area contributed by atoms with E-state index >= 15 is 0 Å². The molecule has 2 aromatic carbocycles. The molecule has 3 rings (SSSR count). The fourth-order valence-corrected chi connectivity index (χ4v) is 2.75. The van der Waals surface area contributed by atoms with Crippen molar-refractivity contribution in [3.05, 3.63) is 64.0 Å². The molecule has 0 fully saturated rings. The van der Waals surface area contributed by atoms with E-state index in [1.165, 1.54) is 6.07 Å². The van der Waals surface area contributed by atoms with E-state index in [0.29, 0.717) is 12.1 Å². The maximum absolute atomic E-state index is 12.3. The molecule has 0 unspecified atom stereocenters. The Kier molecular flexibility index (Phi) is 4.91. The molecule has 0 atom stereocenters. The van der Waals surface area contributed by atoms with Crippen LogP contribution in [0.2, 0.25) is 0 Å². The number of carbonyl (C=O) groups excluding carboxylic acids is 1. The Morgan fingerprint density at radius 3 is 2.59 bits per heavy atom. The van der Waals surface area contributed by atoms with Crippen molar-refractivity contribution in [3.63, 3.8) is 0 Å². The zero-order chi connectivity index (χ0) is 19.6. The van der Waals surface area contributed by atoms with Gasteiger partial charge in [-0.15, -0.1) is 0 Å². The predicted octanol–water partition coefficient (Wildman–Crippen LogP) is 1.44. The van der Waals surface area contributed by atoms with Gasteiger partial charge in [0.2, 0.25) is 0 Å². The second-order valence-electron chi connectivity index (χ2n) is 5.78. The lowest BCUT2D eigenvalue weighted by Gasteiger charge is -2.10. The first-order valence-corrected chi connectivity index (χ1v) is 8.00. The molecule has 1 amide bonds. The second kappa shape index (κ2) is 7.30. The van der Waals surface area contributed by atoms with Gasteiger partial charge >= 0.3 is 11.6 Å². The molecule has 27 heavy (non-hydrogen) atoms. The highest BCUT2D eigenvalue weighted by Gasteiger charge is 2.22. The van der Waals surface area contributed by atoms with E-state index in [1.54, 1.807) is 18.2 Å². The average molecular weight is 368 g/mol. The SMILES string of the molecule is NCc1cccc(-c2cccc3c(O)c(C(=O)NCC(=O)O)c(=O)oc23)c1. The minimum Gasteiger partial charge on any atom is -0.506 e. The average Bonchev–Trinajstić information content (AvgIpc) is 2.66. The summed E-state index contributed by atoms with van der Waals surface area (Å²) in [6.07, 6.45) is 0. The summed E-state index contributed by atoms with van der Waals surface area (Å²) in [5.74, 6) is -2.88. The molecule has 3 aromatic rings. The highest BCUT2D eigenvalue weighted by Crippen LogP contribution is 2.33. The summed E-state index contributed by atoms with van der Waals surface area (Å²) in [4.78, 5) is 34.9. The molecule has 0 aliphatic heterocycles. The molecule has 138 valence electrons. The van der Waals surface area contributed by atoms with Gasteiger partial charge in [0.25, 0.3) is 5.91 Å². The first kappa shape index (κ1) is 18.2. The highest BCUT2D eigenvalue weighted by molar-refractivity contribution is 6.04. The first-order chi connectivity index (χ1) is 12.9. The number of rotatable bonds is 5. The molecule has 8 nitrogen and oxygen atoms in total. The number of carboxylic acids is 1. The number of hydrogen-bond acceptors (Lipinski definition) is 6. The monoisotopic (exact) mass is 368 g/mol. The van der Waals surface area contributed by atoms with Gasteiger partial charge in [0.05, 0.1) is 5.39 Å². The van der Waals surface area contributed by atoms with Crippen LogP contribution in [0.3, 0.4) is 0 Å². The van der Waals surface area contributed by atoms with E-state index in [0.717, 1.165) is 11.1 Å². The van der Waals surface area contributed by atoms with Crippen molar-refractivity contribution < 1.29 is 24.2 Å². The number of nitrogens with two attached hydrogens (primary N) is 1. The van der Waals surface area contributed by atoms with Crippen molar-refractivity contribution >= 4 is 22.8 Å². The molecule has 1 aromatic heterocycles. The molecule has 0 radical (unpaired) electrons. The standard InChI is InChI=1S/C19H16N2O6/c20-8-10-3-1-4-11(7-10)12-5-2-6-13-16(24)15(19(26)27-17(12)13)18(25)21-9-14(22)23/h1-7,24H,8-9,20H2,(H,21,25)(H,22,23). The van der Waals surface area contributed by atoms with Crippen LogP contribution in [-0.4, -0.2) is 28.6 Å². The number of hydrogen-bond donors (Lipinski definition) is 4. The van der Waals surface area contributed by atoms with Gasteiger partial charge in [-0.3, -0.25) is 9.59 Å². The van der Waals surface area contributed by atoms with Crippen molar-refractivity contribution in [2.75, 3.05) is 6.54 Å². The normalized spacial score (nSPS) is 10.7. The van der Waals surface area contributed by atoms with E-state index in [4.69, 9.17) is 15.3 Å². The smallest absolute Gasteiger partial charge is 0.353 e. The van der Waals surface area contributed by atoms with E-state index in [-0.39, 0.29) is 11.0 Å². The quantitative estimate of drug-likeness (QED) is 0.499. The Bertz CT molecular complexity index is 1100. The molecule has 5 N–H and O–H groups in total. The Morgan fingerprint density at radius 2 is 1.89 bits per heavy atom. The van der Waals surface area contributed by atoms with E-state index in [1.807, 2.05) is 23.5 Å². The lowest BCUT2D eigenvalue weighted by molar-refractivity contribution is -0.135. The van der Waals surface area contributed by atoms with Gasteiger partial charge in [-0.1, -0.05) is 30.3 Å². The zero-order valence-corrected chi connectivity index (χ0v) is 14.1. The van der Waals surface area contributed by atoms with Crippen LogP contribution >= 0.6 is 0 Å². The molecule has 0 spiro atoms. The Morgan fingerprint density at radius 1 is 1.15 bits per heavy atom. The number of carbonyl (C=O) groups is 2. The van der Waals surface area contributed by atoms with Crippen molar-refractivity contribution in [3.8, 4) is 16.9 Å². The van der Waals surface area contributed by atoms with Crippen LogP contribution < -0.4 is 16.7 Å². The van der Waals surface area contributed by atoms with Crippen molar-refractivity contribution in [2.45, 2.75) is 6.54 Å². The van der Waals surface area contributed by atoms with Gasteiger partial charge in [-0.25, -0.2) is 4.79 Å². The van der Waals surface area contributed by atoms with Gasteiger partial charge < -0.3 is 25.7 Å². The Labute approximate surface area is 152 Å². The topological polar surface area (TPSA) is 143 Å². The molecule has 0 saturated heterocycles. The van der Waals surface area contributed by atoms with Gasteiger partial charge in [-0.2, -0.15) is 0 Å². The van der Waals surface area contributed by atoms with Crippen LogP contribution in [0, 0.1) is 0 Å². The lowest BCUT2D eigenvalue weighted by atomic mass is 10.00. The summed E-state index contributed by atoms with van der Waals surface area (Å²) in [6.45, 7) is -0.358. The minimum absolute atomic E-state index is 0.115. The molecule has 0 bridgehead atoms. The van der Waals surface area contributed by atoms with Crippen molar-refractivity contribution in [1.82, 2.24) is 5.32 Å². The van der Waals surface area contributed by atoms with E-state index in [9.17, 15) is 19.5 Å². The summed E-state index contributed by atoms with van der Waals surface area (Å²) >= 11 is 0. The molecule has 0 aliphatic rings. The molecular formula is C19H16N2O6. The van der Waals surface area contributed by atoms with Crippen LogP contribution in [0.15, 0.2) is 51.7 Å². The largest absolute Gasteiger partial charge is 0.506 e. The third-order valence-corrected chi connectivity index (χ3v) is 4.01. The maximum Gasteiger partial charge on any atom is 0.353 e. The zero-order valence-electron chi connectivity index (χ0n) is 14.1. The van der Waals surface area contributed by atoms with Crippen molar-refractivity contribution in [2.24, 2.45) is 5.73 Å². The predicted molar refractivity (Wildman–Crippen MR) is 97.4 cm³/mol. The lowest BCUT2D eigenvalue weighted by Crippen LogP contribution is -2.32. The maximum atomic E-state index is 12.3. The highest BCUT2D eigenvalue weighted by atomic mass is 16.4. The van der Waals surface area contributed by atoms with Crippen LogP contribution in [0.5, 0.6) is 5.75 Å². The van der Waals surface area contributed by atoms with Gasteiger partial charge in [0.15, 0.2) is 5.56 Å². The molecular weight excluding hydrogens is 352 g/mol. The number of aliphatic carboxylic acids is 1. The third-order valence-electron chi connectivity index (χ3n) is 4.01. The van der Waals surface area contributed by atoms with E-state index in [2.05, 4.69) is 0 Å². The summed E-state index contributed by atoms with van der Waals surface area (Å²) in [5.41, 5.74) is 6.22. The number of fused-ring (bicyclic) bond motifs is 1. The Balaban J connectivity index is 2.17. The number of amides is 1. The number of benzene rings is 2. The fourth-order valence-electron chi connectivity index (χ4n) is 2.75. The number of aromatic hydroxyl groups is 1. The molecule has 0 aliphatic carbocycles. The summed E-state index contributed by atoms with van der Waals surface area (Å²) < 4.78 is 5.31. The van der Waals surface area contributed by atoms with E-state index < -0.39 is 35.4 Å². The van der Waals surface area contributed by atoms with Crippen LogP contribution in [0.25, 0.3) is 22.1 Å². The van der Waals surface area contributed by atoms with Crippen LogP contribution in [0.1, 0.15) is 15.9 Å². The summed E-state index contributed by atoms with van der Waals surface area (Å²) in [5, 5.41) is 21.3. The van der Waals surface area contributed by atoms with Crippen LogP contribution in [-0.2, 0) is 11.3 Å². The van der Waals surface area contributed by atoms with Crippen molar-refractivity contribution in [1.29, 1.82) is 0 Å². The first-order valence-electron chi connectivity index (χ1n) is 8.00. The molecule has 0 saturated carbocycles. The second-order valence-corrected chi connectivity index (χ2v) is 5.78. The number of carboxylic acid groups (broad SMARTS) is 1. The number of para-hydroxylation sites is 1. The van der Waals surface area contributed by atoms with Gasteiger partial charge in [0, 0.05) is 12.1 Å². The van der Waals surface area contributed by atoms with Gasteiger partial charge in [-0.05, 0) is 23.3 Å². The third kappa shape index (κ3) is 3.51. The molecule has 1 heterocycles. The summed E-state index contributed by atoms with van der Waals surface area (Å²) in [6, 6.07) is 12.2. The summed E-state index contributed by atoms with van der Waals surface area (Å²) in [7, 11) is 0. The minimum atomic E-state index is -1.28. The fraction of sp³-hybridized carbons (Fsp3) is 0.105. The molecule has 8 heteroatoms.